The van der Waals surface area contributed by atoms with Crippen LogP contribution < -0.4 is 0 Å². The Kier molecular flexibility index (Phi) is 4.15. The fraction of sp³-hybridized carbons (Fsp3) is 0.150. The third-order valence-electron chi connectivity index (χ3n) is 4.14. The number of fused-ring (bicyclic) bond motifs is 1. The van der Waals surface area contributed by atoms with Crippen LogP contribution in [-0.2, 0) is 0 Å². The smallest absolute Gasteiger partial charge is 0.257 e. The van der Waals surface area contributed by atoms with Crippen LogP contribution in [0, 0.1) is 17.4 Å². The van der Waals surface area contributed by atoms with Crippen molar-refractivity contribution in [1.29, 1.82) is 0 Å². The lowest BCUT2D eigenvalue weighted by atomic mass is 10.1. The number of aryl methyl sites for hydroxylation is 2. The molecule has 0 saturated carbocycles. The third kappa shape index (κ3) is 2.74. The van der Waals surface area contributed by atoms with Crippen LogP contribution in [0.4, 0.5) is 0 Å². The number of carbonyl (C=O) groups excluding carboxylic acids is 1. The number of halogens is 1. The van der Waals surface area contributed by atoms with Crippen molar-refractivity contribution < 1.29 is 4.79 Å². The van der Waals surface area contributed by atoms with Crippen LogP contribution in [0.25, 0.3) is 22.2 Å². The minimum atomic E-state index is -0.0575. The van der Waals surface area contributed by atoms with Gasteiger partial charge < -0.3 is 0 Å². The van der Waals surface area contributed by atoms with Crippen molar-refractivity contribution in [2.24, 2.45) is 0 Å². The van der Waals surface area contributed by atoms with Crippen LogP contribution in [0.15, 0.2) is 54.6 Å². The number of hydrogen-bond acceptors (Lipinski definition) is 1. The molecule has 0 aliphatic carbocycles. The summed E-state index contributed by atoms with van der Waals surface area (Å²) in [4.78, 5) is 12.8. The summed E-state index contributed by atoms with van der Waals surface area (Å²) in [6, 6.07) is 14.4. The standard InChI is InChI=1S/C20H18INO/c1-12(2)20(23)22-18-10-14(4)13(3)9-15(18)11-19(22)16-7-5-6-8-17(16)21/h5-11H,1H2,2-4H3. The second kappa shape index (κ2) is 5.96. The number of hydrogen-bond donors (Lipinski definition) is 0. The lowest BCUT2D eigenvalue weighted by molar-refractivity contribution is 0.0962. The minimum Gasteiger partial charge on any atom is -0.276 e. The molecule has 3 rings (SSSR count). The number of allylic oxidation sites excluding steroid dienone is 1. The molecule has 0 amide bonds. The molecule has 2 aromatic carbocycles. The Balaban J connectivity index is 2.41. The lowest BCUT2D eigenvalue weighted by Crippen LogP contribution is -2.12. The maximum Gasteiger partial charge on any atom is 0.257 e. The zero-order chi connectivity index (χ0) is 16.7. The Morgan fingerprint density at radius 3 is 2.39 bits per heavy atom. The van der Waals surface area contributed by atoms with Crippen LogP contribution in [0.5, 0.6) is 0 Å². The summed E-state index contributed by atoms with van der Waals surface area (Å²) in [5, 5.41) is 1.08. The SMILES string of the molecule is C=C(C)C(=O)n1c(-c2ccccc2I)cc2cc(C)c(C)cc21. The van der Waals surface area contributed by atoms with E-state index in [2.05, 4.69) is 73.3 Å². The van der Waals surface area contributed by atoms with E-state index < -0.39 is 0 Å². The molecule has 116 valence electrons. The second-order valence-electron chi connectivity index (χ2n) is 5.93. The molecule has 0 N–H and O–H groups in total. The van der Waals surface area contributed by atoms with E-state index in [0.29, 0.717) is 5.57 Å². The molecule has 3 aromatic rings. The van der Waals surface area contributed by atoms with E-state index in [1.54, 1.807) is 11.5 Å². The quantitative estimate of drug-likeness (QED) is 0.386. The van der Waals surface area contributed by atoms with E-state index in [9.17, 15) is 4.79 Å². The average Bonchev–Trinajstić information content (AvgIpc) is 2.85. The average molecular weight is 415 g/mol. The van der Waals surface area contributed by atoms with E-state index >= 15 is 0 Å². The van der Waals surface area contributed by atoms with Crippen molar-refractivity contribution in [2.75, 3.05) is 0 Å². The van der Waals surface area contributed by atoms with Gasteiger partial charge in [-0.3, -0.25) is 9.36 Å². The number of rotatable bonds is 2. The van der Waals surface area contributed by atoms with Gasteiger partial charge in [-0.15, -0.1) is 0 Å². The molecule has 3 heteroatoms. The Bertz CT molecular complexity index is 950. The highest BCUT2D eigenvalue weighted by atomic mass is 127. The first-order valence-corrected chi connectivity index (χ1v) is 8.56. The normalized spacial score (nSPS) is 11.0. The van der Waals surface area contributed by atoms with Gasteiger partial charge in [-0.25, -0.2) is 0 Å². The molecule has 1 aromatic heterocycles. The summed E-state index contributed by atoms with van der Waals surface area (Å²) in [7, 11) is 0. The van der Waals surface area contributed by atoms with Gasteiger partial charge in [0.15, 0.2) is 0 Å². The van der Waals surface area contributed by atoms with E-state index in [4.69, 9.17) is 0 Å². The number of benzene rings is 2. The van der Waals surface area contributed by atoms with Gasteiger partial charge in [0.2, 0.25) is 0 Å². The van der Waals surface area contributed by atoms with Gasteiger partial charge in [0.25, 0.3) is 5.91 Å². The largest absolute Gasteiger partial charge is 0.276 e. The number of carbonyl (C=O) groups is 1. The molecular weight excluding hydrogens is 397 g/mol. The summed E-state index contributed by atoms with van der Waals surface area (Å²) in [6.07, 6.45) is 0. The predicted octanol–water partition coefficient (Wildman–Crippen LogP) is 5.75. The summed E-state index contributed by atoms with van der Waals surface area (Å²) in [6.45, 7) is 9.77. The first-order valence-electron chi connectivity index (χ1n) is 7.48. The molecule has 2 nitrogen and oxygen atoms in total. The topological polar surface area (TPSA) is 22.0 Å². The van der Waals surface area contributed by atoms with Gasteiger partial charge >= 0.3 is 0 Å². The van der Waals surface area contributed by atoms with E-state index in [0.717, 1.165) is 25.7 Å². The molecule has 0 atom stereocenters. The monoisotopic (exact) mass is 415 g/mol. The fourth-order valence-corrected chi connectivity index (χ4v) is 3.41. The lowest BCUT2D eigenvalue weighted by Gasteiger charge is -2.11. The predicted molar refractivity (Wildman–Crippen MR) is 105 cm³/mol. The number of nitrogens with zero attached hydrogens (tertiary/aromatic N) is 1. The molecule has 0 aliphatic rings. The molecule has 23 heavy (non-hydrogen) atoms. The first kappa shape index (κ1) is 16.0. The van der Waals surface area contributed by atoms with Crippen molar-refractivity contribution in [3.8, 4) is 11.3 Å². The summed E-state index contributed by atoms with van der Waals surface area (Å²) >= 11 is 2.31. The Morgan fingerprint density at radius 2 is 1.74 bits per heavy atom. The molecule has 0 radical (unpaired) electrons. The van der Waals surface area contributed by atoms with E-state index in [1.165, 1.54) is 11.1 Å². The molecule has 0 aliphatic heterocycles. The molecule has 0 bridgehead atoms. The number of aromatic nitrogens is 1. The zero-order valence-corrected chi connectivity index (χ0v) is 15.6. The van der Waals surface area contributed by atoms with Crippen molar-refractivity contribution in [1.82, 2.24) is 4.57 Å². The first-order chi connectivity index (χ1) is 10.9. The summed E-state index contributed by atoms with van der Waals surface area (Å²) < 4.78 is 2.92. The highest BCUT2D eigenvalue weighted by Gasteiger charge is 2.18. The van der Waals surface area contributed by atoms with Gasteiger partial charge in [0.1, 0.15) is 0 Å². The van der Waals surface area contributed by atoms with Crippen LogP contribution in [-0.4, -0.2) is 10.5 Å². The van der Waals surface area contributed by atoms with Crippen LogP contribution in [0.1, 0.15) is 22.8 Å². The van der Waals surface area contributed by atoms with Crippen molar-refractivity contribution in [3.05, 3.63) is 69.3 Å². The van der Waals surface area contributed by atoms with E-state index in [-0.39, 0.29) is 5.91 Å². The molecule has 0 spiro atoms. The van der Waals surface area contributed by atoms with E-state index in [1.807, 2.05) is 12.1 Å². The maximum absolute atomic E-state index is 12.8. The summed E-state index contributed by atoms with van der Waals surface area (Å²) in [5.41, 5.74) is 5.87. The van der Waals surface area contributed by atoms with Crippen LogP contribution in [0.2, 0.25) is 0 Å². The van der Waals surface area contributed by atoms with Gasteiger partial charge in [0.05, 0.1) is 11.2 Å². The van der Waals surface area contributed by atoms with Crippen molar-refractivity contribution in [2.45, 2.75) is 20.8 Å². The Hall–Kier alpha value is -1.88. The molecular formula is C20H18INO. The van der Waals surface area contributed by atoms with Crippen LogP contribution in [0.3, 0.4) is 0 Å². The fourth-order valence-electron chi connectivity index (χ4n) is 2.75. The minimum absolute atomic E-state index is 0.0575. The molecule has 0 fully saturated rings. The molecule has 0 saturated heterocycles. The van der Waals surface area contributed by atoms with Crippen molar-refractivity contribution in [3.63, 3.8) is 0 Å². The zero-order valence-electron chi connectivity index (χ0n) is 13.5. The van der Waals surface area contributed by atoms with Gasteiger partial charge in [0, 0.05) is 20.1 Å². The third-order valence-corrected chi connectivity index (χ3v) is 5.08. The van der Waals surface area contributed by atoms with Crippen LogP contribution >= 0.6 is 22.6 Å². The van der Waals surface area contributed by atoms with Crippen molar-refractivity contribution >= 4 is 39.4 Å². The molecule has 0 unspecified atom stereocenters. The van der Waals surface area contributed by atoms with Gasteiger partial charge in [-0.2, -0.15) is 0 Å². The second-order valence-corrected chi connectivity index (χ2v) is 7.09. The Labute approximate surface area is 150 Å². The molecule has 1 heterocycles. The van der Waals surface area contributed by atoms with Gasteiger partial charge in [-0.1, -0.05) is 24.8 Å². The Morgan fingerprint density at radius 1 is 1.09 bits per heavy atom. The summed E-state index contributed by atoms with van der Waals surface area (Å²) in [5.74, 6) is -0.0575. The highest BCUT2D eigenvalue weighted by Crippen LogP contribution is 2.33. The maximum atomic E-state index is 12.8. The highest BCUT2D eigenvalue weighted by molar-refractivity contribution is 14.1. The van der Waals surface area contributed by atoms with Gasteiger partial charge in [-0.05, 0) is 78.8 Å².